The van der Waals surface area contributed by atoms with Crippen LogP contribution in [-0.4, -0.2) is 26.4 Å². The first-order chi connectivity index (χ1) is 16.4. The Bertz CT molecular complexity index is 1380. The normalized spacial score (nSPS) is 11.1. The molecule has 8 nitrogen and oxygen atoms in total. The fourth-order valence-corrected chi connectivity index (χ4v) is 4.14. The lowest BCUT2D eigenvalue weighted by Crippen LogP contribution is -2.30. The summed E-state index contributed by atoms with van der Waals surface area (Å²) < 4.78 is 43.2. The monoisotopic (exact) mass is 478 g/mol. The van der Waals surface area contributed by atoms with Crippen molar-refractivity contribution < 1.29 is 27.1 Å². The van der Waals surface area contributed by atoms with E-state index in [-0.39, 0.29) is 17.3 Å². The van der Waals surface area contributed by atoms with Gasteiger partial charge in [-0.15, -0.1) is 0 Å². The molecule has 0 saturated heterocycles. The number of furan rings is 1. The van der Waals surface area contributed by atoms with Gasteiger partial charge in [-0.3, -0.25) is 9.78 Å². The average molecular weight is 479 g/mol. The second-order valence-electron chi connectivity index (χ2n) is 7.34. The molecule has 9 heteroatoms. The topological polar surface area (TPSA) is 108 Å². The maximum atomic E-state index is 12.4. The summed E-state index contributed by atoms with van der Waals surface area (Å²) in [5.74, 6) is 0.799. The van der Waals surface area contributed by atoms with Gasteiger partial charge in [-0.25, -0.2) is 13.1 Å². The van der Waals surface area contributed by atoms with E-state index in [1.54, 1.807) is 38.4 Å². The summed E-state index contributed by atoms with van der Waals surface area (Å²) in [6, 6.07) is 20.2. The zero-order chi connectivity index (χ0) is 24.1. The molecule has 1 amide bonds. The third-order valence-electron chi connectivity index (χ3n) is 5.04. The fraction of sp³-hybridized carbons (Fsp3) is 0.120. The van der Waals surface area contributed by atoms with Crippen molar-refractivity contribution in [1.82, 2.24) is 9.71 Å². The molecule has 0 spiro atoms. The van der Waals surface area contributed by atoms with Gasteiger partial charge >= 0.3 is 5.91 Å². The van der Waals surface area contributed by atoms with Crippen LogP contribution >= 0.6 is 0 Å². The Labute approximate surface area is 197 Å². The average Bonchev–Trinajstić information content (AvgIpc) is 3.24. The van der Waals surface area contributed by atoms with Crippen molar-refractivity contribution >= 4 is 15.9 Å². The van der Waals surface area contributed by atoms with Gasteiger partial charge in [-0.2, -0.15) is 0 Å². The first-order valence-electron chi connectivity index (χ1n) is 10.3. The van der Waals surface area contributed by atoms with Crippen molar-refractivity contribution in [3.8, 4) is 22.8 Å². The minimum atomic E-state index is -4.00. The molecule has 2 aromatic heterocycles. The van der Waals surface area contributed by atoms with E-state index >= 15 is 0 Å². The molecule has 0 aliphatic rings. The van der Waals surface area contributed by atoms with Gasteiger partial charge in [0.15, 0.2) is 5.76 Å². The Kier molecular flexibility index (Phi) is 6.65. The SMILES string of the molecule is COc1ccc(-c2ccc(OCc3cc(C(=O)NS(=O)(=O)c4ccccc4)oc3C)cc2)nc1. The van der Waals surface area contributed by atoms with E-state index in [1.165, 1.54) is 18.2 Å². The number of hydrogen-bond donors (Lipinski definition) is 1. The fourth-order valence-electron chi connectivity index (χ4n) is 3.16. The first-order valence-corrected chi connectivity index (χ1v) is 11.8. The summed E-state index contributed by atoms with van der Waals surface area (Å²) in [4.78, 5) is 16.8. The van der Waals surface area contributed by atoms with Crippen molar-refractivity contribution in [2.24, 2.45) is 0 Å². The van der Waals surface area contributed by atoms with Crippen LogP contribution in [0, 0.1) is 6.92 Å². The number of carbonyl (C=O) groups is 1. The van der Waals surface area contributed by atoms with Gasteiger partial charge in [-0.05, 0) is 61.5 Å². The minimum Gasteiger partial charge on any atom is -0.495 e. The maximum Gasteiger partial charge on any atom is 0.300 e. The highest BCUT2D eigenvalue weighted by molar-refractivity contribution is 7.90. The number of methoxy groups -OCH3 is 1. The lowest BCUT2D eigenvalue weighted by molar-refractivity contribution is 0.0953. The Morgan fingerprint density at radius 3 is 2.35 bits per heavy atom. The molecule has 1 N–H and O–H groups in total. The molecule has 0 unspecified atom stereocenters. The van der Waals surface area contributed by atoms with E-state index in [1.807, 2.05) is 41.1 Å². The molecule has 0 bridgehead atoms. The minimum absolute atomic E-state index is 0.0107. The lowest BCUT2D eigenvalue weighted by atomic mass is 10.1. The second-order valence-corrected chi connectivity index (χ2v) is 9.02. The van der Waals surface area contributed by atoms with E-state index in [0.29, 0.717) is 22.8 Å². The molecule has 0 aliphatic heterocycles. The number of amides is 1. The predicted octanol–water partition coefficient (Wildman–Crippen LogP) is 4.36. The molecular formula is C25H22N2O6S. The summed E-state index contributed by atoms with van der Waals surface area (Å²) in [7, 11) is -2.41. The summed E-state index contributed by atoms with van der Waals surface area (Å²) in [6.07, 6.45) is 1.65. The molecule has 0 atom stereocenters. The van der Waals surface area contributed by atoms with Crippen LogP contribution in [0.2, 0.25) is 0 Å². The van der Waals surface area contributed by atoms with E-state index in [9.17, 15) is 13.2 Å². The third kappa shape index (κ3) is 5.26. The molecule has 2 aromatic carbocycles. The molecule has 4 aromatic rings. The summed E-state index contributed by atoms with van der Waals surface area (Å²) in [5.41, 5.74) is 2.36. The largest absolute Gasteiger partial charge is 0.495 e. The van der Waals surface area contributed by atoms with E-state index in [2.05, 4.69) is 4.98 Å². The van der Waals surface area contributed by atoms with Crippen LogP contribution in [-0.2, 0) is 16.6 Å². The van der Waals surface area contributed by atoms with Gasteiger partial charge in [0.25, 0.3) is 10.0 Å². The number of benzene rings is 2. The second kappa shape index (κ2) is 9.80. The number of ether oxygens (including phenoxy) is 2. The van der Waals surface area contributed by atoms with Crippen molar-refractivity contribution in [3.05, 3.63) is 96.1 Å². The van der Waals surface area contributed by atoms with Crippen LogP contribution < -0.4 is 14.2 Å². The molecule has 174 valence electrons. The molecule has 34 heavy (non-hydrogen) atoms. The molecular weight excluding hydrogens is 456 g/mol. The van der Waals surface area contributed by atoms with Crippen LogP contribution in [0.15, 0.2) is 88.3 Å². The van der Waals surface area contributed by atoms with Crippen LogP contribution in [0.3, 0.4) is 0 Å². The Balaban J connectivity index is 1.39. The summed E-state index contributed by atoms with van der Waals surface area (Å²) in [5, 5.41) is 0. The number of sulfonamides is 1. The molecule has 2 heterocycles. The number of aryl methyl sites for hydroxylation is 1. The van der Waals surface area contributed by atoms with Crippen molar-refractivity contribution in [2.45, 2.75) is 18.4 Å². The number of nitrogens with zero attached hydrogens (tertiary/aromatic N) is 1. The molecule has 4 rings (SSSR count). The zero-order valence-corrected chi connectivity index (χ0v) is 19.3. The van der Waals surface area contributed by atoms with Gasteiger partial charge < -0.3 is 13.9 Å². The standard InChI is InChI=1S/C25H22N2O6S/c1-17-19(14-24(33-17)25(28)27-34(29,30)22-6-4-3-5-7-22)16-32-20-10-8-18(9-11-20)23-13-12-21(31-2)15-26-23/h3-15H,16H2,1-2H3,(H,27,28). The van der Waals surface area contributed by atoms with Gasteiger partial charge in [0.05, 0.1) is 23.9 Å². The predicted molar refractivity (Wildman–Crippen MR) is 125 cm³/mol. The Morgan fingerprint density at radius 1 is 1.00 bits per heavy atom. The Morgan fingerprint density at radius 2 is 1.71 bits per heavy atom. The van der Waals surface area contributed by atoms with Gasteiger partial charge in [0.2, 0.25) is 0 Å². The van der Waals surface area contributed by atoms with E-state index in [0.717, 1.165) is 11.3 Å². The number of carbonyl (C=O) groups excluding carboxylic acids is 1. The van der Waals surface area contributed by atoms with Crippen molar-refractivity contribution in [2.75, 3.05) is 7.11 Å². The number of hydrogen-bond acceptors (Lipinski definition) is 7. The lowest BCUT2D eigenvalue weighted by Gasteiger charge is -2.07. The van der Waals surface area contributed by atoms with E-state index < -0.39 is 15.9 Å². The quantitative estimate of drug-likeness (QED) is 0.401. The molecule has 0 fully saturated rings. The summed E-state index contributed by atoms with van der Waals surface area (Å²) >= 11 is 0. The molecule has 0 radical (unpaired) electrons. The highest BCUT2D eigenvalue weighted by atomic mass is 32.2. The van der Waals surface area contributed by atoms with Gasteiger partial charge in [0.1, 0.15) is 23.9 Å². The van der Waals surface area contributed by atoms with Gasteiger partial charge in [-0.1, -0.05) is 18.2 Å². The number of pyridine rings is 1. The molecule has 0 aliphatic carbocycles. The van der Waals surface area contributed by atoms with Crippen molar-refractivity contribution in [1.29, 1.82) is 0 Å². The van der Waals surface area contributed by atoms with Crippen LogP contribution in [0.5, 0.6) is 11.5 Å². The van der Waals surface area contributed by atoms with Crippen molar-refractivity contribution in [3.63, 3.8) is 0 Å². The number of nitrogens with one attached hydrogen (secondary N) is 1. The smallest absolute Gasteiger partial charge is 0.300 e. The number of aromatic nitrogens is 1. The van der Waals surface area contributed by atoms with Gasteiger partial charge in [0, 0.05) is 11.1 Å². The van der Waals surface area contributed by atoms with Crippen LogP contribution in [0.25, 0.3) is 11.3 Å². The van der Waals surface area contributed by atoms with Crippen LogP contribution in [0.4, 0.5) is 0 Å². The maximum absolute atomic E-state index is 12.4. The Hall–Kier alpha value is -4.11. The zero-order valence-electron chi connectivity index (χ0n) is 18.5. The molecule has 0 saturated carbocycles. The van der Waals surface area contributed by atoms with Crippen LogP contribution in [0.1, 0.15) is 21.9 Å². The highest BCUT2D eigenvalue weighted by Gasteiger charge is 2.22. The van der Waals surface area contributed by atoms with E-state index in [4.69, 9.17) is 13.9 Å². The third-order valence-corrected chi connectivity index (χ3v) is 6.39. The summed E-state index contributed by atoms with van der Waals surface area (Å²) in [6.45, 7) is 1.83. The number of rotatable bonds is 8. The highest BCUT2D eigenvalue weighted by Crippen LogP contribution is 2.24. The first kappa shape index (κ1) is 23.1.